The van der Waals surface area contributed by atoms with Crippen LogP contribution in [0.5, 0.6) is 17.2 Å². The van der Waals surface area contributed by atoms with Crippen LogP contribution in [-0.4, -0.2) is 37.8 Å². The van der Waals surface area contributed by atoms with E-state index in [4.69, 9.17) is 25.8 Å². The van der Waals surface area contributed by atoms with Crippen molar-refractivity contribution in [1.82, 2.24) is 5.43 Å². The van der Waals surface area contributed by atoms with E-state index < -0.39 is 5.91 Å². The van der Waals surface area contributed by atoms with E-state index in [0.717, 1.165) is 5.56 Å². The number of hydrogen-bond donors (Lipinski definition) is 2. The highest BCUT2D eigenvalue weighted by Gasteiger charge is 2.12. The summed E-state index contributed by atoms with van der Waals surface area (Å²) < 4.78 is 16.8. The van der Waals surface area contributed by atoms with Gasteiger partial charge in [-0.05, 0) is 68.8 Å². The van der Waals surface area contributed by atoms with E-state index in [2.05, 4.69) is 15.8 Å². The topological polar surface area (TPSA) is 98.3 Å². The molecule has 8 nitrogen and oxygen atoms in total. The first-order chi connectivity index (χ1) is 17.4. The minimum absolute atomic E-state index is 0.213. The Morgan fingerprint density at radius 1 is 0.917 bits per heavy atom. The van der Waals surface area contributed by atoms with Gasteiger partial charge in [-0.3, -0.25) is 9.59 Å². The Bertz CT molecular complexity index is 1250. The van der Waals surface area contributed by atoms with Gasteiger partial charge >= 0.3 is 0 Å². The van der Waals surface area contributed by atoms with Crippen LogP contribution < -0.4 is 25.0 Å². The molecule has 0 radical (unpaired) electrons. The molecule has 0 fully saturated rings. The highest BCUT2D eigenvalue weighted by atomic mass is 35.5. The van der Waals surface area contributed by atoms with Gasteiger partial charge in [0.2, 0.25) is 0 Å². The molecule has 3 aromatic carbocycles. The number of carbonyl (C=O) groups is 2. The summed E-state index contributed by atoms with van der Waals surface area (Å²) in [7, 11) is 0. The number of para-hydroxylation sites is 1. The summed E-state index contributed by atoms with van der Waals surface area (Å²) in [5.74, 6) is 0.744. The van der Waals surface area contributed by atoms with Gasteiger partial charge in [-0.2, -0.15) is 5.10 Å². The fraction of sp³-hybridized carbons (Fsp3) is 0.222. The minimum atomic E-state index is -0.412. The Balaban J connectivity index is 1.60. The predicted octanol–water partition coefficient (Wildman–Crippen LogP) is 5.23. The van der Waals surface area contributed by atoms with Crippen LogP contribution in [0.25, 0.3) is 0 Å². The van der Waals surface area contributed by atoms with E-state index in [-0.39, 0.29) is 12.5 Å². The number of benzene rings is 3. The standard InChI is InChI=1S/C27H28ClN3O5/c1-4-34-24-13-11-19(14-25(24)35-5-2)27(33)31-29-16-20-8-6-7-9-23(20)36-17-26(32)30-21-12-10-18(3)22(28)15-21/h6-16H,4-5,17H2,1-3H3,(H,30,32)(H,31,33)/b29-16+. The summed E-state index contributed by atoms with van der Waals surface area (Å²) in [5.41, 5.74) is 4.95. The van der Waals surface area contributed by atoms with Gasteiger partial charge in [0.1, 0.15) is 5.75 Å². The van der Waals surface area contributed by atoms with Crippen molar-refractivity contribution in [3.8, 4) is 17.2 Å². The molecular weight excluding hydrogens is 482 g/mol. The molecule has 0 spiro atoms. The number of nitrogens with one attached hydrogen (secondary N) is 2. The number of ether oxygens (including phenoxy) is 3. The molecule has 36 heavy (non-hydrogen) atoms. The van der Waals surface area contributed by atoms with Crippen molar-refractivity contribution in [1.29, 1.82) is 0 Å². The Hall–Kier alpha value is -4.04. The quantitative estimate of drug-likeness (QED) is 0.272. The number of rotatable bonds is 11. The number of halogens is 1. The number of amides is 2. The molecule has 9 heteroatoms. The number of nitrogens with zero attached hydrogens (tertiary/aromatic N) is 1. The van der Waals surface area contributed by atoms with Crippen LogP contribution in [0.3, 0.4) is 0 Å². The van der Waals surface area contributed by atoms with E-state index in [1.165, 1.54) is 6.21 Å². The first-order valence-corrected chi connectivity index (χ1v) is 11.8. The van der Waals surface area contributed by atoms with Crippen LogP contribution in [0.2, 0.25) is 5.02 Å². The number of hydrogen-bond acceptors (Lipinski definition) is 6. The van der Waals surface area contributed by atoms with Gasteiger partial charge in [0.05, 0.1) is 19.4 Å². The summed E-state index contributed by atoms with van der Waals surface area (Å²) in [6.45, 7) is 6.33. The molecule has 0 aliphatic rings. The number of aryl methyl sites for hydroxylation is 1. The predicted molar refractivity (Wildman–Crippen MR) is 141 cm³/mol. The van der Waals surface area contributed by atoms with E-state index in [1.54, 1.807) is 54.6 Å². The zero-order chi connectivity index (χ0) is 25.9. The molecule has 0 unspecified atom stereocenters. The molecule has 0 saturated carbocycles. The zero-order valence-corrected chi connectivity index (χ0v) is 21.1. The largest absolute Gasteiger partial charge is 0.490 e. The molecule has 0 bridgehead atoms. The average molecular weight is 510 g/mol. The molecule has 0 atom stereocenters. The summed E-state index contributed by atoms with van der Waals surface area (Å²) in [6, 6.07) is 17.2. The molecule has 3 aromatic rings. The van der Waals surface area contributed by atoms with Crippen molar-refractivity contribution in [2.45, 2.75) is 20.8 Å². The highest BCUT2D eigenvalue weighted by Crippen LogP contribution is 2.28. The van der Waals surface area contributed by atoms with Gasteiger partial charge in [0.25, 0.3) is 11.8 Å². The highest BCUT2D eigenvalue weighted by molar-refractivity contribution is 6.31. The third-order valence-electron chi connectivity index (χ3n) is 4.91. The first-order valence-electron chi connectivity index (χ1n) is 11.4. The summed E-state index contributed by atoms with van der Waals surface area (Å²) in [4.78, 5) is 24.9. The second-order valence-electron chi connectivity index (χ2n) is 7.57. The van der Waals surface area contributed by atoms with Crippen molar-refractivity contribution in [2.75, 3.05) is 25.1 Å². The summed E-state index contributed by atoms with van der Waals surface area (Å²) >= 11 is 6.10. The maximum Gasteiger partial charge on any atom is 0.271 e. The molecule has 2 amide bonds. The van der Waals surface area contributed by atoms with Gasteiger partial charge in [-0.25, -0.2) is 5.43 Å². The molecule has 0 heterocycles. The van der Waals surface area contributed by atoms with Gasteiger partial charge in [-0.15, -0.1) is 0 Å². The Morgan fingerprint density at radius 2 is 1.67 bits per heavy atom. The Morgan fingerprint density at radius 3 is 2.42 bits per heavy atom. The Kier molecular flexibility index (Phi) is 9.71. The van der Waals surface area contributed by atoms with Crippen LogP contribution in [0.15, 0.2) is 65.8 Å². The second-order valence-corrected chi connectivity index (χ2v) is 7.97. The SMILES string of the molecule is CCOc1ccc(C(=O)N/N=C/c2ccccc2OCC(=O)Nc2ccc(C)c(Cl)c2)cc1OCC. The van der Waals surface area contributed by atoms with Crippen LogP contribution in [0.4, 0.5) is 5.69 Å². The third kappa shape index (κ3) is 7.48. The normalized spacial score (nSPS) is 10.7. The van der Waals surface area contributed by atoms with E-state index in [9.17, 15) is 9.59 Å². The molecule has 0 aliphatic carbocycles. The first kappa shape index (κ1) is 26.6. The van der Waals surface area contributed by atoms with Gasteiger partial charge in [0.15, 0.2) is 18.1 Å². The van der Waals surface area contributed by atoms with Gasteiger partial charge in [0, 0.05) is 21.8 Å². The summed E-state index contributed by atoms with van der Waals surface area (Å²) in [6.07, 6.45) is 1.45. The molecular formula is C27H28ClN3O5. The number of anilines is 1. The zero-order valence-electron chi connectivity index (χ0n) is 20.3. The van der Waals surface area contributed by atoms with Crippen molar-refractivity contribution in [2.24, 2.45) is 5.10 Å². The minimum Gasteiger partial charge on any atom is -0.490 e. The van der Waals surface area contributed by atoms with E-state index in [0.29, 0.717) is 52.3 Å². The lowest BCUT2D eigenvalue weighted by molar-refractivity contribution is -0.118. The van der Waals surface area contributed by atoms with Crippen LogP contribution in [0.1, 0.15) is 35.3 Å². The van der Waals surface area contributed by atoms with E-state index >= 15 is 0 Å². The van der Waals surface area contributed by atoms with Crippen molar-refractivity contribution in [3.05, 3.63) is 82.4 Å². The maximum atomic E-state index is 12.6. The van der Waals surface area contributed by atoms with Gasteiger partial charge < -0.3 is 19.5 Å². The monoisotopic (exact) mass is 509 g/mol. The van der Waals surface area contributed by atoms with Crippen molar-refractivity contribution < 1.29 is 23.8 Å². The molecule has 188 valence electrons. The van der Waals surface area contributed by atoms with E-state index in [1.807, 2.05) is 26.8 Å². The molecule has 0 saturated heterocycles. The lowest BCUT2D eigenvalue weighted by atomic mass is 10.2. The molecule has 0 aromatic heterocycles. The smallest absolute Gasteiger partial charge is 0.271 e. The molecule has 0 aliphatic heterocycles. The van der Waals surface area contributed by atoms with Crippen molar-refractivity contribution >= 4 is 35.3 Å². The lowest BCUT2D eigenvalue weighted by Crippen LogP contribution is -2.20. The molecule has 2 N–H and O–H groups in total. The molecule has 3 rings (SSSR count). The number of carbonyl (C=O) groups excluding carboxylic acids is 2. The fourth-order valence-electron chi connectivity index (χ4n) is 3.15. The number of hydrazone groups is 1. The maximum absolute atomic E-state index is 12.6. The average Bonchev–Trinajstić information content (AvgIpc) is 2.87. The second kappa shape index (κ2) is 13.2. The van der Waals surface area contributed by atoms with Crippen LogP contribution in [-0.2, 0) is 4.79 Å². The van der Waals surface area contributed by atoms with Crippen LogP contribution >= 0.6 is 11.6 Å². The third-order valence-corrected chi connectivity index (χ3v) is 5.32. The Labute approximate surface area is 215 Å². The van der Waals surface area contributed by atoms with Gasteiger partial charge in [-0.1, -0.05) is 29.8 Å². The van der Waals surface area contributed by atoms with Crippen molar-refractivity contribution in [3.63, 3.8) is 0 Å². The summed E-state index contributed by atoms with van der Waals surface area (Å²) in [5, 5.41) is 7.34. The lowest BCUT2D eigenvalue weighted by Gasteiger charge is -2.12. The van der Waals surface area contributed by atoms with Crippen LogP contribution in [0, 0.1) is 6.92 Å². The fourth-order valence-corrected chi connectivity index (χ4v) is 3.33.